The van der Waals surface area contributed by atoms with Gasteiger partial charge in [0.1, 0.15) is 0 Å². The fraction of sp³-hybridized carbons (Fsp3) is 0.348. The smallest absolute Gasteiger partial charge is 0.246 e. The molecule has 168 valence electrons. The maximum atomic E-state index is 12.6. The molecule has 0 saturated heterocycles. The largest absolute Gasteiger partial charge is 0.493 e. The van der Waals surface area contributed by atoms with Crippen LogP contribution in [-0.4, -0.2) is 57.9 Å². The second-order valence-electron chi connectivity index (χ2n) is 6.88. The van der Waals surface area contributed by atoms with Crippen LogP contribution in [0.25, 0.3) is 6.08 Å². The molecule has 0 N–H and O–H groups in total. The summed E-state index contributed by atoms with van der Waals surface area (Å²) < 4.78 is 37.0. The van der Waals surface area contributed by atoms with Crippen molar-refractivity contribution in [2.24, 2.45) is 0 Å². The Bertz CT molecular complexity index is 1010. The topological polar surface area (TPSA) is 76.2 Å². The van der Waals surface area contributed by atoms with Gasteiger partial charge in [-0.25, -0.2) is 8.42 Å². The molecule has 0 aliphatic heterocycles. The summed E-state index contributed by atoms with van der Waals surface area (Å²) in [5.74, 6) is 1.07. The lowest BCUT2D eigenvalue weighted by molar-refractivity contribution is -0.125. The Balaban J connectivity index is 2.06. The number of amides is 1. The minimum absolute atomic E-state index is 0.172. The summed E-state index contributed by atoms with van der Waals surface area (Å²) in [6.07, 6.45) is 3.13. The van der Waals surface area contributed by atoms with Crippen LogP contribution in [0, 0.1) is 0 Å². The van der Waals surface area contributed by atoms with Crippen LogP contribution in [0.15, 0.2) is 53.4 Å². The molecule has 0 aromatic heterocycles. The van der Waals surface area contributed by atoms with Crippen molar-refractivity contribution in [2.45, 2.75) is 25.3 Å². The number of ether oxygens (including phenoxy) is 2. The minimum Gasteiger partial charge on any atom is -0.493 e. The lowest BCUT2D eigenvalue weighted by Crippen LogP contribution is -2.30. The number of hydrogen-bond donors (Lipinski definition) is 0. The molecule has 2 aromatic rings. The van der Waals surface area contributed by atoms with Gasteiger partial charge in [-0.3, -0.25) is 4.79 Å². The van der Waals surface area contributed by atoms with Crippen LogP contribution < -0.4 is 9.47 Å². The molecule has 0 spiro atoms. The highest BCUT2D eigenvalue weighted by Gasteiger charge is 2.21. The predicted molar refractivity (Wildman–Crippen MR) is 122 cm³/mol. The van der Waals surface area contributed by atoms with E-state index in [1.54, 1.807) is 62.6 Å². The van der Waals surface area contributed by atoms with Gasteiger partial charge < -0.3 is 14.4 Å². The maximum Gasteiger partial charge on any atom is 0.246 e. The lowest BCUT2D eigenvalue weighted by Gasteiger charge is -2.18. The molecule has 0 saturated carbocycles. The molecular formula is C23H30N2O5S. The van der Waals surface area contributed by atoms with E-state index in [-0.39, 0.29) is 10.8 Å². The molecule has 2 rings (SSSR count). The molecular weight excluding hydrogens is 416 g/mol. The number of methoxy groups -OCH3 is 2. The highest BCUT2D eigenvalue weighted by atomic mass is 32.2. The summed E-state index contributed by atoms with van der Waals surface area (Å²) in [6.45, 7) is 4.86. The van der Waals surface area contributed by atoms with Crippen molar-refractivity contribution in [2.75, 3.05) is 34.4 Å². The Morgan fingerprint density at radius 1 is 0.968 bits per heavy atom. The van der Waals surface area contributed by atoms with Crippen molar-refractivity contribution in [3.8, 4) is 11.5 Å². The number of carbonyl (C=O) groups excluding carboxylic acids is 1. The first-order valence-corrected chi connectivity index (χ1v) is 11.4. The third-order valence-electron chi connectivity index (χ3n) is 4.89. The zero-order chi connectivity index (χ0) is 23.0. The normalized spacial score (nSPS) is 11.7. The maximum absolute atomic E-state index is 12.6. The van der Waals surface area contributed by atoms with Crippen molar-refractivity contribution >= 4 is 22.0 Å². The molecule has 7 nitrogen and oxygen atoms in total. The van der Waals surface area contributed by atoms with E-state index in [0.29, 0.717) is 31.1 Å². The fourth-order valence-corrected chi connectivity index (χ4v) is 4.55. The van der Waals surface area contributed by atoms with Crippen LogP contribution in [-0.2, 0) is 21.4 Å². The van der Waals surface area contributed by atoms with Crippen molar-refractivity contribution in [3.63, 3.8) is 0 Å². The quantitative estimate of drug-likeness (QED) is 0.523. The highest BCUT2D eigenvalue weighted by molar-refractivity contribution is 7.89. The SMILES string of the molecule is CCN(CC)S(=O)(=O)c1ccc(C=CC(=O)N(C)Cc2ccc(OC)c(OC)c2)cc1. The summed E-state index contributed by atoms with van der Waals surface area (Å²) in [5.41, 5.74) is 1.65. The molecule has 2 aromatic carbocycles. The van der Waals surface area contributed by atoms with Gasteiger partial charge in [0.25, 0.3) is 0 Å². The monoisotopic (exact) mass is 446 g/mol. The van der Waals surface area contributed by atoms with Gasteiger partial charge in [0, 0.05) is 32.8 Å². The molecule has 0 radical (unpaired) electrons. The molecule has 31 heavy (non-hydrogen) atoms. The van der Waals surface area contributed by atoms with Crippen molar-refractivity contribution in [1.29, 1.82) is 0 Å². The summed E-state index contributed by atoms with van der Waals surface area (Å²) in [5, 5.41) is 0. The molecule has 0 aliphatic carbocycles. The zero-order valence-electron chi connectivity index (χ0n) is 18.7. The third-order valence-corrected chi connectivity index (χ3v) is 6.95. The van der Waals surface area contributed by atoms with Gasteiger partial charge >= 0.3 is 0 Å². The predicted octanol–water partition coefficient (Wildman–Crippen LogP) is 3.41. The van der Waals surface area contributed by atoms with Crippen LogP contribution in [0.1, 0.15) is 25.0 Å². The van der Waals surface area contributed by atoms with Crippen LogP contribution in [0.4, 0.5) is 0 Å². The van der Waals surface area contributed by atoms with Crippen LogP contribution >= 0.6 is 0 Å². The van der Waals surface area contributed by atoms with Crippen LogP contribution in [0.3, 0.4) is 0 Å². The van der Waals surface area contributed by atoms with E-state index in [9.17, 15) is 13.2 Å². The first kappa shape index (κ1) is 24.4. The van der Waals surface area contributed by atoms with Crippen molar-refractivity contribution < 1.29 is 22.7 Å². The summed E-state index contributed by atoms with van der Waals surface area (Å²) in [7, 11) is 1.36. The van der Waals surface area contributed by atoms with Crippen LogP contribution in [0.2, 0.25) is 0 Å². The van der Waals surface area contributed by atoms with E-state index in [1.807, 2.05) is 26.0 Å². The Labute approximate surface area is 184 Å². The van der Waals surface area contributed by atoms with E-state index in [4.69, 9.17) is 9.47 Å². The van der Waals surface area contributed by atoms with Gasteiger partial charge in [-0.05, 0) is 41.5 Å². The van der Waals surface area contributed by atoms with E-state index in [0.717, 1.165) is 11.1 Å². The van der Waals surface area contributed by atoms with Crippen molar-refractivity contribution in [1.82, 2.24) is 9.21 Å². The lowest BCUT2D eigenvalue weighted by atomic mass is 10.2. The van der Waals surface area contributed by atoms with Crippen molar-refractivity contribution in [3.05, 3.63) is 59.7 Å². The second kappa shape index (κ2) is 11.0. The molecule has 0 atom stereocenters. The summed E-state index contributed by atoms with van der Waals surface area (Å²) in [4.78, 5) is 14.3. The molecule has 1 amide bonds. The highest BCUT2D eigenvalue weighted by Crippen LogP contribution is 2.28. The van der Waals surface area contributed by atoms with Gasteiger partial charge in [-0.1, -0.05) is 32.0 Å². The number of likely N-dealkylation sites (N-methyl/N-ethyl adjacent to an activating group) is 1. The molecule has 0 heterocycles. The number of nitrogens with zero attached hydrogens (tertiary/aromatic N) is 2. The zero-order valence-corrected chi connectivity index (χ0v) is 19.5. The average Bonchev–Trinajstić information content (AvgIpc) is 2.78. The molecule has 0 fully saturated rings. The summed E-state index contributed by atoms with van der Waals surface area (Å²) >= 11 is 0. The van der Waals surface area contributed by atoms with E-state index in [1.165, 1.54) is 10.4 Å². The average molecular weight is 447 g/mol. The van der Waals surface area contributed by atoms with Crippen LogP contribution in [0.5, 0.6) is 11.5 Å². The van der Waals surface area contributed by atoms with Gasteiger partial charge in [0.2, 0.25) is 15.9 Å². The van der Waals surface area contributed by atoms with Gasteiger partial charge in [-0.15, -0.1) is 0 Å². The Hall–Kier alpha value is -2.84. The van der Waals surface area contributed by atoms with Gasteiger partial charge in [-0.2, -0.15) is 4.31 Å². The molecule has 0 unspecified atom stereocenters. The molecule has 0 bridgehead atoms. The number of benzene rings is 2. The number of sulfonamides is 1. The summed E-state index contributed by atoms with van der Waals surface area (Å²) in [6, 6.07) is 12.0. The van der Waals surface area contributed by atoms with E-state index in [2.05, 4.69) is 0 Å². The number of hydrogen-bond acceptors (Lipinski definition) is 5. The van der Waals surface area contributed by atoms with E-state index < -0.39 is 10.0 Å². The van der Waals surface area contributed by atoms with Gasteiger partial charge in [0.15, 0.2) is 11.5 Å². The standard InChI is InChI=1S/C23H30N2O5S/c1-6-25(7-2)31(27,28)20-12-8-18(9-13-20)11-15-23(26)24(3)17-19-10-14-21(29-4)22(16-19)30-5/h8-16H,6-7,17H2,1-5H3. The Kier molecular flexibility index (Phi) is 8.65. The van der Waals surface area contributed by atoms with Gasteiger partial charge in [0.05, 0.1) is 19.1 Å². The molecule has 0 aliphatic rings. The fourth-order valence-electron chi connectivity index (χ4n) is 3.09. The Morgan fingerprint density at radius 2 is 1.58 bits per heavy atom. The third kappa shape index (κ3) is 6.08. The first-order chi connectivity index (χ1) is 14.8. The Morgan fingerprint density at radius 3 is 2.13 bits per heavy atom. The minimum atomic E-state index is -3.49. The van der Waals surface area contributed by atoms with E-state index >= 15 is 0 Å². The molecule has 8 heteroatoms. The first-order valence-electron chi connectivity index (χ1n) is 10.0. The number of carbonyl (C=O) groups is 1. The number of rotatable bonds is 10. The second-order valence-corrected chi connectivity index (χ2v) is 8.81.